The zero-order valence-electron chi connectivity index (χ0n) is 18.2. The molecule has 0 saturated carbocycles. The molecule has 1 saturated heterocycles. The quantitative estimate of drug-likeness (QED) is 0.204. The number of aliphatic hydroxyl groups excluding tert-OH is 3. The Labute approximate surface area is 199 Å². The molecule has 7 N–H and O–H groups in total. The zero-order valence-corrected chi connectivity index (χ0v) is 19.1. The Kier molecular flexibility index (Phi) is 7.22. The standard InChI is InChI=1S/C21H25N4O9P/c22-14-3-1-2-12(8-14)13-4-6-23-15(9-13)10-25-17(26)5-7-24(21(25)29)20-19(28)18(27)16(34-20)11-33-35(30,31)32/h1-9,16,18-21,27-29H,10-11,22H2,(H2,30,31,32)/t16-,18+,19?,20-,21?/m1/s1. The van der Waals surface area contributed by atoms with Crippen molar-refractivity contribution in [2.75, 3.05) is 12.3 Å². The molecule has 13 nitrogen and oxygen atoms in total. The van der Waals surface area contributed by atoms with Gasteiger partial charge in [-0.2, -0.15) is 0 Å². The second-order valence-corrected chi connectivity index (χ2v) is 9.31. The summed E-state index contributed by atoms with van der Waals surface area (Å²) in [5.41, 5.74) is 8.56. The number of benzene rings is 1. The van der Waals surface area contributed by atoms with E-state index in [2.05, 4.69) is 9.51 Å². The molecule has 1 aromatic heterocycles. The highest BCUT2D eigenvalue weighted by Gasteiger charge is 2.48. The number of carbonyl (C=O) groups excluding carboxylic acids is 1. The van der Waals surface area contributed by atoms with Crippen LogP contribution >= 0.6 is 7.82 Å². The topological polar surface area (TPSA) is 199 Å². The first-order valence-corrected chi connectivity index (χ1v) is 12.0. The van der Waals surface area contributed by atoms with E-state index in [0.29, 0.717) is 11.4 Å². The van der Waals surface area contributed by atoms with Crippen LogP contribution in [0.4, 0.5) is 5.69 Å². The summed E-state index contributed by atoms with van der Waals surface area (Å²) in [7, 11) is -4.83. The van der Waals surface area contributed by atoms with Gasteiger partial charge in [-0.25, -0.2) is 4.57 Å². The fourth-order valence-corrected chi connectivity index (χ4v) is 4.23. The molecule has 188 valence electrons. The summed E-state index contributed by atoms with van der Waals surface area (Å²) in [6, 6.07) is 10.8. The lowest BCUT2D eigenvalue weighted by molar-refractivity contribution is -0.192. The van der Waals surface area contributed by atoms with E-state index in [1.165, 1.54) is 6.20 Å². The van der Waals surface area contributed by atoms with Crippen LogP contribution in [0.2, 0.25) is 0 Å². The monoisotopic (exact) mass is 508 g/mol. The molecular weight excluding hydrogens is 483 g/mol. The second kappa shape index (κ2) is 10.0. The van der Waals surface area contributed by atoms with E-state index in [1.807, 2.05) is 12.1 Å². The number of carbonyl (C=O) groups is 1. The van der Waals surface area contributed by atoms with E-state index in [1.54, 1.807) is 30.5 Å². The predicted molar refractivity (Wildman–Crippen MR) is 120 cm³/mol. The van der Waals surface area contributed by atoms with Crippen molar-refractivity contribution in [3.8, 4) is 11.1 Å². The predicted octanol–water partition coefficient (Wildman–Crippen LogP) is -0.679. The van der Waals surface area contributed by atoms with Gasteiger partial charge in [-0.3, -0.25) is 19.2 Å². The number of hydrogen-bond donors (Lipinski definition) is 6. The van der Waals surface area contributed by atoms with Crippen LogP contribution in [0.5, 0.6) is 0 Å². The minimum Gasteiger partial charge on any atom is -0.399 e. The number of amides is 1. The van der Waals surface area contributed by atoms with Crippen LogP contribution in [0.1, 0.15) is 5.69 Å². The van der Waals surface area contributed by atoms with E-state index in [-0.39, 0.29) is 6.54 Å². The lowest BCUT2D eigenvalue weighted by atomic mass is 10.1. The smallest absolute Gasteiger partial charge is 0.399 e. The van der Waals surface area contributed by atoms with Crippen molar-refractivity contribution < 1.29 is 43.7 Å². The molecular formula is C21H25N4O9P. The van der Waals surface area contributed by atoms with E-state index in [9.17, 15) is 24.7 Å². The van der Waals surface area contributed by atoms with Crippen LogP contribution in [-0.2, 0) is 25.2 Å². The summed E-state index contributed by atoms with van der Waals surface area (Å²) >= 11 is 0. The van der Waals surface area contributed by atoms with Gasteiger partial charge in [0.05, 0.1) is 18.8 Å². The number of nitrogens with two attached hydrogens (primary N) is 1. The van der Waals surface area contributed by atoms with Crippen LogP contribution in [-0.4, -0.2) is 83.3 Å². The van der Waals surface area contributed by atoms with Gasteiger partial charge in [-0.05, 0) is 35.4 Å². The highest BCUT2D eigenvalue weighted by molar-refractivity contribution is 7.46. The first-order valence-electron chi connectivity index (χ1n) is 10.5. The Morgan fingerprint density at radius 3 is 2.57 bits per heavy atom. The number of aliphatic hydroxyl groups is 3. The minimum absolute atomic E-state index is 0.0902. The van der Waals surface area contributed by atoms with Crippen LogP contribution in [0, 0.1) is 0 Å². The Morgan fingerprint density at radius 2 is 1.86 bits per heavy atom. The third kappa shape index (κ3) is 5.69. The van der Waals surface area contributed by atoms with Crippen molar-refractivity contribution in [3.63, 3.8) is 0 Å². The first kappa shape index (κ1) is 25.2. The van der Waals surface area contributed by atoms with Crippen LogP contribution in [0.3, 0.4) is 0 Å². The SMILES string of the molecule is Nc1cccc(-c2ccnc(CN3C(=O)C=CN([C@@H]4O[C@H](COP(=O)(O)O)[C@H](O)C4O)C3O)c2)c1. The summed E-state index contributed by atoms with van der Waals surface area (Å²) in [6.07, 6.45) is -3.43. The molecule has 35 heavy (non-hydrogen) atoms. The molecule has 0 aliphatic carbocycles. The lowest BCUT2D eigenvalue weighted by Gasteiger charge is -2.41. The first-order chi connectivity index (χ1) is 16.5. The lowest BCUT2D eigenvalue weighted by Crippen LogP contribution is -2.57. The number of aromatic nitrogens is 1. The third-order valence-corrected chi connectivity index (χ3v) is 6.11. The number of nitrogens with zero attached hydrogens (tertiary/aromatic N) is 3. The van der Waals surface area contributed by atoms with Gasteiger partial charge >= 0.3 is 7.82 Å². The molecule has 0 spiro atoms. The number of nitrogen functional groups attached to an aromatic ring is 1. The molecule has 3 heterocycles. The van der Waals surface area contributed by atoms with Gasteiger partial charge in [-0.15, -0.1) is 0 Å². The Morgan fingerprint density at radius 1 is 1.11 bits per heavy atom. The van der Waals surface area contributed by atoms with Gasteiger partial charge in [0.25, 0.3) is 5.91 Å². The van der Waals surface area contributed by atoms with Crippen molar-refractivity contribution >= 4 is 19.4 Å². The van der Waals surface area contributed by atoms with Crippen molar-refractivity contribution in [2.45, 2.75) is 37.4 Å². The molecule has 2 aliphatic heterocycles. The van der Waals surface area contributed by atoms with Gasteiger partial charge in [0, 0.05) is 24.2 Å². The zero-order chi connectivity index (χ0) is 25.3. The maximum atomic E-state index is 12.5. The van der Waals surface area contributed by atoms with Crippen LogP contribution in [0.25, 0.3) is 11.1 Å². The number of hydrogen-bond acceptors (Lipinski definition) is 10. The Balaban J connectivity index is 1.50. The molecule has 2 unspecified atom stereocenters. The Hall–Kier alpha value is -2.87. The van der Waals surface area contributed by atoms with Gasteiger partial charge in [0.15, 0.2) is 6.23 Å². The average molecular weight is 508 g/mol. The normalized spacial score (nSPS) is 27.0. The molecule has 2 aromatic rings. The van der Waals surface area contributed by atoms with Gasteiger partial charge in [0.2, 0.25) is 6.35 Å². The highest BCUT2D eigenvalue weighted by atomic mass is 31.2. The molecule has 14 heteroatoms. The number of ether oxygens (including phenoxy) is 1. The number of pyridine rings is 1. The summed E-state index contributed by atoms with van der Waals surface area (Å²) in [5, 5.41) is 31.5. The number of phosphoric acid groups is 1. The molecule has 1 aromatic carbocycles. The van der Waals surface area contributed by atoms with E-state index >= 15 is 0 Å². The largest absolute Gasteiger partial charge is 0.469 e. The van der Waals surface area contributed by atoms with Crippen molar-refractivity contribution in [2.24, 2.45) is 0 Å². The van der Waals surface area contributed by atoms with E-state index in [4.69, 9.17) is 20.3 Å². The maximum Gasteiger partial charge on any atom is 0.469 e. The molecule has 0 radical (unpaired) electrons. The highest BCUT2D eigenvalue weighted by Crippen LogP contribution is 2.38. The summed E-state index contributed by atoms with van der Waals surface area (Å²) in [4.78, 5) is 36.7. The minimum atomic E-state index is -4.83. The van der Waals surface area contributed by atoms with Crippen molar-refractivity contribution in [1.82, 2.24) is 14.8 Å². The molecule has 0 bridgehead atoms. The summed E-state index contributed by atoms with van der Waals surface area (Å²) in [5.74, 6) is -0.528. The molecule has 2 aliphatic rings. The van der Waals surface area contributed by atoms with Crippen LogP contribution in [0.15, 0.2) is 54.9 Å². The van der Waals surface area contributed by atoms with Gasteiger partial charge in [0.1, 0.15) is 18.3 Å². The average Bonchev–Trinajstić information content (AvgIpc) is 3.09. The number of anilines is 1. The number of rotatable bonds is 7. The molecule has 5 atom stereocenters. The van der Waals surface area contributed by atoms with Crippen molar-refractivity contribution in [3.05, 3.63) is 60.6 Å². The van der Waals surface area contributed by atoms with Gasteiger partial charge in [-0.1, -0.05) is 12.1 Å². The van der Waals surface area contributed by atoms with Gasteiger partial charge < -0.3 is 40.5 Å². The summed E-state index contributed by atoms with van der Waals surface area (Å²) in [6.45, 7) is -0.789. The fourth-order valence-electron chi connectivity index (χ4n) is 3.89. The maximum absolute atomic E-state index is 12.5. The Bertz CT molecular complexity index is 1160. The second-order valence-electron chi connectivity index (χ2n) is 8.07. The van der Waals surface area contributed by atoms with E-state index < -0.39 is 51.2 Å². The number of phosphoric ester groups is 1. The van der Waals surface area contributed by atoms with Crippen molar-refractivity contribution in [1.29, 1.82) is 0 Å². The fraction of sp³-hybridized carbons (Fsp3) is 0.333. The summed E-state index contributed by atoms with van der Waals surface area (Å²) < 4.78 is 20.8. The van der Waals surface area contributed by atoms with Crippen LogP contribution < -0.4 is 5.73 Å². The molecule has 1 amide bonds. The third-order valence-electron chi connectivity index (χ3n) is 5.62. The molecule has 4 rings (SSSR count). The van der Waals surface area contributed by atoms with E-state index in [0.717, 1.165) is 27.0 Å². The molecule has 1 fully saturated rings.